The molecule has 0 aromatic heterocycles. The minimum absolute atomic E-state index is 0.337. The Bertz CT molecular complexity index is 447. The lowest BCUT2D eigenvalue weighted by Crippen LogP contribution is -2.36. The molecule has 6 heteroatoms. The van der Waals surface area contributed by atoms with Crippen LogP contribution >= 0.6 is 11.6 Å². The van der Waals surface area contributed by atoms with E-state index in [9.17, 15) is 9.59 Å². The normalized spacial score (nSPS) is 11.9. The van der Waals surface area contributed by atoms with E-state index in [1.54, 1.807) is 25.1 Å². The fourth-order valence-electron chi connectivity index (χ4n) is 1.25. The molecule has 5 nitrogen and oxygen atoms in total. The Balaban J connectivity index is 2.67. The average molecular weight is 258 g/mol. The average Bonchev–Trinajstić information content (AvgIpc) is 2.25. The molecule has 1 atom stereocenters. The zero-order valence-electron chi connectivity index (χ0n) is 9.11. The van der Waals surface area contributed by atoms with Crippen molar-refractivity contribution < 1.29 is 19.8 Å². The number of hydrogen-bond acceptors (Lipinski definition) is 3. The number of carbonyl (C=O) groups is 2. The number of carbonyl (C=O) groups excluding carboxylic acids is 1. The molecule has 92 valence electrons. The first-order valence-electron chi connectivity index (χ1n) is 4.87. The van der Waals surface area contributed by atoms with Gasteiger partial charge in [0.25, 0.3) is 5.91 Å². The Morgan fingerprint density at radius 3 is 2.65 bits per heavy atom. The molecule has 1 aromatic rings. The molecule has 0 fully saturated rings. The number of aryl methyl sites for hydroxylation is 1. The summed E-state index contributed by atoms with van der Waals surface area (Å²) in [6.07, 6.45) is -1.61. The molecule has 0 radical (unpaired) electrons. The maximum atomic E-state index is 11.6. The van der Waals surface area contributed by atoms with E-state index in [-0.39, 0.29) is 6.54 Å². The number of carboxylic acid groups (broad SMARTS) is 1. The van der Waals surface area contributed by atoms with Crippen LogP contribution in [0.1, 0.15) is 15.9 Å². The molecular formula is C11H12ClNO4. The lowest BCUT2D eigenvalue weighted by molar-refractivity contribution is -0.146. The maximum absolute atomic E-state index is 11.6. The summed E-state index contributed by atoms with van der Waals surface area (Å²) in [6.45, 7) is 1.38. The Morgan fingerprint density at radius 1 is 1.47 bits per heavy atom. The van der Waals surface area contributed by atoms with Gasteiger partial charge in [-0.3, -0.25) is 4.79 Å². The molecule has 1 unspecified atom stereocenters. The minimum atomic E-state index is -1.61. The van der Waals surface area contributed by atoms with E-state index < -0.39 is 18.0 Å². The molecule has 17 heavy (non-hydrogen) atoms. The van der Waals surface area contributed by atoms with Gasteiger partial charge in [0.2, 0.25) is 0 Å². The smallest absolute Gasteiger partial charge is 0.334 e. The fraction of sp³-hybridized carbons (Fsp3) is 0.273. The molecular weight excluding hydrogens is 246 g/mol. The van der Waals surface area contributed by atoms with Crippen molar-refractivity contribution in [3.8, 4) is 0 Å². The standard InChI is InChI=1S/C11H12ClNO4/c1-6-4-7(12)2-3-8(6)10(15)13-5-9(14)11(16)17/h2-4,9,14H,5H2,1H3,(H,13,15)(H,16,17). The first kappa shape index (κ1) is 13.5. The van der Waals surface area contributed by atoms with Crippen LogP contribution < -0.4 is 5.32 Å². The number of nitrogens with one attached hydrogen (secondary N) is 1. The molecule has 0 bridgehead atoms. The van der Waals surface area contributed by atoms with Crippen molar-refractivity contribution in [1.29, 1.82) is 0 Å². The topological polar surface area (TPSA) is 86.6 Å². The second kappa shape index (κ2) is 5.65. The van der Waals surface area contributed by atoms with Crippen LogP contribution in [-0.2, 0) is 4.79 Å². The van der Waals surface area contributed by atoms with Crippen LogP contribution in [0, 0.1) is 6.92 Å². The number of aliphatic carboxylic acids is 1. The summed E-state index contributed by atoms with van der Waals surface area (Å²) < 4.78 is 0. The van der Waals surface area contributed by atoms with Gasteiger partial charge in [0.1, 0.15) is 0 Å². The van der Waals surface area contributed by atoms with Crippen molar-refractivity contribution in [2.45, 2.75) is 13.0 Å². The third-order valence-electron chi connectivity index (χ3n) is 2.17. The second-order valence-corrected chi connectivity index (χ2v) is 3.96. The molecule has 0 aliphatic carbocycles. The summed E-state index contributed by atoms with van der Waals surface area (Å²) in [5.41, 5.74) is 1.08. The van der Waals surface area contributed by atoms with Gasteiger partial charge in [-0.1, -0.05) is 11.6 Å². The summed E-state index contributed by atoms with van der Waals surface area (Å²) in [5.74, 6) is -1.82. The van der Waals surface area contributed by atoms with Crippen molar-refractivity contribution in [3.05, 3.63) is 34.3 Å². The highest BCUT2D eigenvalue weighted by molar-refractivity contribution is 6.30. The number of hydrogen-bond donors (Lipinski definition) is 3. The van der Waals surface area contributed by atoms with Crippen molar-refractivity contribution in [3.63, 3.8) is 0 Å². The van der Waals surface area contributed by atoms with Gasteiger partial charge in [-0.15, -0.1) is 0 Å². The number of halogens is 1. The summed E-state index contributed by atoms with van der Waals surface area (Å²) in [6, 6.07) is 4.74. The van der Waals surface area contributed by atoms with Gasteiger partial charge in [-0.05, 0) is 30.7 Å². The van der Waals surface area contributed by atoms with Crippen LogP contribution in [0.2, 0.25) is 5.02 Å². The van der Waals surface area contributed by atoms with Crippen LogP contribution in [0.5, 0.6) is 0 Å². The van der Waals surface area contributed by atoms with E-state index >= 15 is 0 Å². The van der Waals surface area contributed by atoms with Crippen molar-refractivity contribution in [1.82, 2.24) is 5.32 Å². The zero-order chi connectivity index (χ0) is 13.0. The molecule has 0 saturated heterocycles. The largest absolute Gasteiger partial charge is 0.479 e. The highest BCUT2D eigenvalue weighted by atomic mass is 35.5. The number of amides is 1. The van der Waals surface area contributed by atoms with E-state index in [0.29, 0.717) is 16.1 Å². The van der Waals surface area contributed by atoms with Crippen molar-refractivity contribution in [2.75, 3.05) is 6.54 Å². The molecule has 1 rings (SSSR count). The third-order valence-corrected chi connectivity index (χ3v) is 2.41. The van der Waals surface area contributed by atoms with Crippen LogP contribution in [-0.4, -0.2) is 34.7 Å². The lowest BCUT2D eigenvalue weighted by atomic mass is 10.1. The van der Waals surface area contributed by atoms with Gasteiger partial charge in [-0.2, -0.15) is 0 Å². The first-order chi connectivity index (χ1) is 7.91. The predicted molar refractivity (Wildman–Crippen MR) is 62.2 cm³/mol. The molecule has 0 spiro atoms. The van der Waals surface area contributed by atoms with Crippen LogP contribution in [0.15, 0.2) is 18.2 Å². The highest BCUT2D eigenvalue weighted by Gasteiger charge is 2.15. The van der Waals surface area contributed by atoms with Crippen molar-refractivity contribution in [2.24, 2.45) is 0 Å². The van der Waals surface area contributed by atoms with E-state index in [1.807, 2.05) is 0 Å². The van der Waals surface area contributed by atoms with Gasteiger partial charge in [0, 0.05) is 10.6 Å². The Hall–Kier alpha value is -1.59. The van der Waals surface area contributed by atoms with Crippen LogP contribution in [0.4, 0.5) is 0 Å². The van der Waals surface area contributed by atoms with Crippen molar-refractivity contribution >= 4 is 23.5 Å². The monoisotopic (exact) mass is 257 g/mol. The SMILES string of the molecule is Cc1cc(Cl)ccc1C(=O)NCC(O)C(=O)O. The molecule has 1 amide bonds. The molecule has 0 aliphatic rings. The number of rotatable bonds is 4. The van der Waals surface area contributed by atoms with Gasteiger partial charge >= 0.3 is 5.97 Å². The molecule has 0 heterocycles. The molecule has 1 aromatic carbocycles. The van der Waals surface area contributed by atoms with E-state index in [1.165, 1.54) is 0 Å². The van der Waals surface area contributed by atoms with E-state index in [2.05, 4.69) is 5.32 Å². The van der Waals surface area contributed by atoms with E-state index in [4.69, 9.17) is 21.8 Å². The molecule has 0 saturated carbocycles. The van der Waals surface area contributed by atoms with Crippen LogP contribution in [0.25, 0.3) is 0 Å². The van der Waals surface area contributed by atoms with Gasteiger partial charge in [-0.25, -0.2) is 4.79 Å². The molecule has 0 aliphatic heterocycles. The number of aliphatic hydroxyl groups excluding tert-OH is 1. The highest BCUT2D eigenvalue weighted by Crippen LogP contribution is 2.14. The quantitative estimate of drug-likeness (QED) is 0.745. The minimum Gasteiger partial charge on any atom is -0.479 e. The van der Waals surface area contributed by atoms with Gasteiger partial charge < -0.3 is 15.5 Å². The summed E-state index contributed by atoms with van der Waals surface area (Å²) in [7, 11) is 0. The Kier molecular flexibility index (Phi) is 4.48. The number of carboxylic acids is 1. The summed E-state index contributed by atoms with van der Waals surface area (Å²) >= 11 is 5.74. The Labute approximate surface area is 103 Å². The zero-order valence-corrected chi connectivity index (χ0v) is 9.86. The first-order valence-corrected chi connectivity index (χ1v) is 5.25. The van der Waals surface area contributed by atoms with Crippen LogP contribution in [0.3, 0.4) is 0 Å². The second-order valence-electron chi connectivity index (χ2n) is 3.52. The van der Waals surface area contributed by atoms with Gasteiger partial charge in [0.15, 0.2) is 6.10 Å². The third kappa shape index (κ3) is 3.72. The predicted octanol–water partition coefficient (Wildman–Crippen LogP) is 0.824. The number of benzene rings is 1. The van der Waals surface area contributed by atoms with Gasteiger partial charge in [0.05, 0.1) is 6.54 Å². The lowest BCUT2D eigenvalue weighted by Gasteiger charge is -2.09. The fourth-order valence-corrected chi connectivity index (χ4v) is 1.48. The molecule has 3 N–H and O–H groups in total. The van der Waals surface area contributed by atoms with E-state index in [0.717, 1.165) is 0 Å². The Morgan fingerprint density at radius 2 is 2.12 bits per heavy atom. The maximum Gasteiger partial charge on any atom is 0.334 e. The number of aliphatic hydroxyl groups is 1. The summed E-state index contributed by atoms with van der Waals surface area (Å²) in [4.78, 5) is 22.0. The summed E-state index contributed by atoms with van der Waals surface area (Å²) in [5, 5.41) is 20.3.